The molecule has 0 bridgehead atoms. The number of thiophene rings is 1. The molecule has 0 aliphatic carbocycles. The average Bonchev–Trinajstić information content (AvgIpc) is 3.48. The molecule has 162 valence electrons. The van der Waals surface area contributed by atoms with Gasteiger partial charge in [0.05, 0.1) is 34.4 Å². The SMILES string of the molecule is CCC(CC)(NC(=O)CNC(=O)c1cccs1)c1cn(-c2ccccc2C(=O)O)nn1. The summed E-state index contributed by atoms with van der Waals surface area (Å²) in [6.07, 6.45) is 2.69. The molecule has 0 saturated carbocycles. The third-order valence-electron chi connectivity index (χ3n) is 5.11. The van der Waals surface area contributed by atoms with E-state index in [0.717, 1.165) is 0 Å². The van der Waals surface area contributed by atoms with Gasteiger partial charge in [-0.05, 0) is 36.4 Å². The van der Waals surface area contributed by atoms with E-state index in [4.69, 9.17) is 0 Å². The monoisotopic (exact) mass is 441 g/mol. The highest BCUT2D eigenvalue weighted by molar-refractivity contribution is 7.12. The molecule has 0 fully saturated rings. The highest BCUT2D eigenvalue weighted by atomic mass is 32.1. The quantitative estimate of drug-likeness (QED) is 0.469. The van der Waals surface area contributed by atoms with Crippen LogP contribution in [0.5, 0.6) is 0 Å². The lowest BCUT2D eigenvalue weighted by Crippen LogP contribution is -2.49. The van der Waals surface area contributed by atoms with Gasteiger partial charge in [-0.15, -0.1) is 16.4 Å². The third kappa shape index (κ3) is 4.80. The van der Waals surface area contributed by atoms with Gasteiger partial charge in [-0.2, -0.15) is 0 Å². The molecule has 1 aromatic carbocycles. The highest BCUT2D eigenvalue weighted by Gasteiger charge is 2.33. The lowest BCUT2D eigenvalue weighted by molar-refractivity contribution is -0.122. The largest absolute Gasteiger partial charge is 0.478 e. The maximum atomic E-state index is 12.6. The Morgan fingerprint density at radius 1 is 1.13 bits per heavy atom. The minimum Gasteiger partial charge on any atom is -0.478 e. The molecular formula is C21H23N5O4S. The molecule has 0 saturated heterocycles. The van der Waals surface area contributed by atoms with Crippen LogP contribution in [0.3, 0.4) is 0 Å². The number of carboxylic acid groups (broad SMARTS) is 1. The summed E-state index contributed by atoms with van der Waals surface area (Å²) in [5.41, 5.74) is 0.180. The van der Waals surface area contributed by atoms with Crippen LogP contribution in [0, 0.1) is 0 Å². The van der Waals surface area contributed by atoms with Gasteiger partial charge in [-0.3, -0.25) is 9.59 Å². The molecule has 3 aromatic rings. The predicted octanol–water partition coefficient (Wildman–Crippen LogP) is 2.59. The zero-order chi connectivity index (χ0) is 22.4. The van der Waals surface area contributed by atoms with E-state index in [2.05, 4.69) is 20.9 Å². The van der Waals surface area contributed by atoms with Crippen molar-refractivity contribution in [2.24, 2.45) is 0 Å². The van der Waals surface area contributed by atoms with Crippen LogP contribution in [0.15, 0.2) is 48.0 Å². The average molecular weight is 442 g/mol. The number of hydrogen-bond acceptors (Lipinski definition) is 6. The first-order chi connectivity index (χ1) is 14.9. The van der Waals surface area contributed by atoms with Gasteiger partial charge in [-0.25, -0.2) is 9.48 Å². The number of nitrogens with zero attached hydrogens (tertiary/aromatic N) is 3. The van der Waals surface area contributed by atoms with Crippen LogP contribution in [0.25, 0.3) is 5.69 Å². The van der Waals surface area contributed by atoms with E-state index in [1.165, 1.54) is 22.1 Å². The van der Waals surface area contributed by atoms with E-state index in [1.54, 1.807) is 41.9 Å². The van der Waals surface area contributed by atoms with Crippen molar-refractivity contribution in [2.45, 2.75) is 32.2 Å². The number of aromatic nitrogens is 3. The molecular weight excluding hydrogens is 418 g/mol. The molecule has 9 nitrogen and oxygen atoms in total. The first-order valence-corrected chi connectivity index (χ1v) is 10.7. The van der Waals surface area contributed by atoms with Crippen molar-refractivity contribution in [3.8, 4) is 5.69 Å². The van der Waals surface area contributed by atoms with Crippen molar-refractivity contribution in [1.29, 1.82) is 0 Å². The summed E-state index contributed by atoms with van der Waals surface area (Å²) in [5.74, 6) is -1.73. The fourth-order valence-electron chi connectivity index (χ4n) is 3.27. The van der Waals surface area contributed by atoms with Crippen molar-refractivity contribution < 1.29 is 19.5 Å². The minimum atomic E-state index is -1.07. The second kappa shape index (κ2) is 9.52. The van der Waals surface area contributed by atoms with Gasteiger partial charge in [0.15, 0.2) is 0 Å². The number of para-hydroxylation sites is 1. The number of carbonyl (C=O) groups excluding carboxylic acids is 2. The fraction of sp³-hybridized carbons (Fsp3) is 0.286. The molecule has 0 radical (unpaired) electrons. The molecule has 3 N–H and O–H groups in total. The van der Waals surface area contributed by atoms with Gasteiger partial charge >= 0.3 is 5.97 Å². The van der Waals surface area contributed by atoms with Crippen molar-refractivity contribution in [1.82, 2.24) is 25.6 Å². The van der Waals surface area contributed by atoms with Crippen molar-refractivity contribution in [3.63, 3.8) is 0 Å². The summed E-state index contributed by atoms with van der Waals surface area (Å²) in [6.45, 7) is 3.66. The molecule has 2 heterocycles. The van der Waals surface area contributed by atoms with Crippen molar-refractivity contribution >= 4 is 29.1 Å². The van der Waals surface area contributed by atoms with Crippen LogP contribution in [0.2, 0.25) is 0 Å². The number of carboxylic acids is 1. The van der Waals surface area contributed by atoms with Crippen LogP contribution in [-0.4, -0.2) is 44.4 Å². The van der Waals surface area contributed by atoms with E-state index < -0.39 is 11.5 Å². The Morgan fingerprint density at radius 3 is 2.52 bits per heavy atom. The molecule has 0 spiro atoms. The molecule has 2 amide bonds. The lowest BCUT2D eigenvalue weighted by atomic mass is 9.89. The summed E-state index contributed by atoms with van der Waals surface area (Å²) in [4.78, 5) is 36.7. The van der Waals surface area contributed by atoms with Crippen LogP contribution in [0.1, 0.15) is 52.4 Å². The summed E-state index contributed by atoms with van der Waals surface area (Å²) in [7, 11) is 0. The lowest BCUT2D eigenvalue weighted by Gasteiger charge is -2.30. The Kier molecular flexibility index (Phi) is 6.81. The van der Waals surface area contributed by atoms with Gasteiger partial charge in [0, 0.05) is 0 Å². The van der Waals surface area contributed by atoms with E-state index in [1.807, 2.05) is 13.8 Å². The molecule has 31 heavy (non-hydrogen) atoms. The van der Waals surface area contributed by atoms with Crippen LogP contribution in [0.4, 0.5) is 0 Å². The van der Waals surface area contributed by atoms with Gasteiger partial charge in [-0.1, -0.05) is 37.3 Å². The number of rotatable bonds is 9. The number of hydrogen-bond donors (Lipinski definition) is 3. The van der Waals surface area contributed by atoms with Gasteiger partial charge in [0.25, 0.3) is 5.91 Å². The topological polar surface area (TPSA) is 126 Å². The molecule has 0 atom stereocenters. The second-order valence-electron chi connectivity index (χ2n) is 6.87. The molecule has 3 rings (SSSR count). The normalized spacial score (nSPS) is 11.2. The molecule has 2 aromatic heterocycles. The van der Waals surface area contributed by atoms with Crippen LogP contribution in [-0.2, 0) is 10.3 Å². The summed E-state index contributed by atoms with van der Waals surface area (Å²) in [5, 5.41) is 25.1. The molecule has 10 heteroatoms. The zero-order valence-electron chi connectivity index (χ0n) is 17.2. The number of benzene rings is 1. The first kappa shape index (κ1) is 22.2. The Labute approximate surface area is 183 Å². The molecule has 0 aliphatic heterocycles. The highest BCUT2D eigenvalue weighted by Crippen LogP contribution is 2.28. The maximum Gasteiger partial charge on any atom is 0.337 e. The minimum absolute atomic E-state index is 0.0953. The van der Waals surface area contributed by atoms with Gasteiger partial charge in [0.2, 0.25) is 5.91 Å². The molecule has 0 aliphatic rings. The Bertz CT molecular complexity index is 1070. The van der Waals surface area contributed by atoms with E-state index in [-0.39, 0.29) is 23.9 Å². The Balaban J connectivity index is 1.78. The zero-order valence-corrected chi connectivity index (χ0v) is 18.0. The Hall–Kier alpha value is -3.53. The summed E-state index contributed by atoms with van der Waals surface area (Å²) >= 11 is 1.30. The van der Waals surface area contributed by atoms with Crippen molar-refractivity contribution in [3.05, 3.63) is 64.1 Å². The fourth-order valence-corrected chi connectivity index (χ4v) is 3.91. The molecule has 0 unspecified atom stereocenters. The van der Waals surface area contributed by atoms with E-state index in [0.29, 0.717) is 29.1 Å². The number of nitrogens with one attached hydrogen (secondary N) is 2. The van der Waals surface area contributed by atoms with E-state index >= 15 is 0 Å². The van der Waals surface area contributed by atoms with Crippen molar-refractivity contribution in [2.75, 3.05) is 6.54 Å². The van der Waals surface area contributed by atoms with E-state index in [9.17, 15) is 19.5 Å². The third-order valence-corrected chi connectivity index (χ3v) is 5.97. The second-order valence-corrected chi connectivity index (χ2v) is 7.82. The summed E-state index contributed by atoms with van der Waals surface area (Å²) in [6, 6.07) is 9.94. The van der Waals surface area contributed by atoms with Gasteiger partial charge in [0.1, 0.15) is 5.69 Å². The number of carbonyl (C=O) groups is 3. The van der Waals surface area contributed by atoms with Crippen LogP contribution >= 0.6 is 11.3 Å². The maximum absolute atomic E-state index is 12.6. The summed E-state index contributed by atoms with van der Waals surface area (Å²) < 4.78 is 1.39. The van der Waals surface area contributed by atoms with Crippen LogP contribution < -0.4 is 10.6 Å². The smallest absolute Gasteiger partial charge is 0.337 e. The number of aromatic carboxylic acids is 1. The number of amides is 2. The Morgan fingerprint density at radius 2 is 1.87 bits per heavy atom. The van der Waals surface area contributed by atoms with Gasteiger partial charge < -0.3 is 15.7 Å². The first-order valence-electron chi connectivity index (χ1n) is 9.78. The standard InChI is InChI=1S/C21H23N5O4S/c1-3-21(4-2,23-18(27)12-22-19(28)16-10-7-11-31-16)17-13-26(25-24-17)15-9-6-5-8-14(15)20(29)30/h5-11,13H,3-4,12H2,1-2H3,(H,22,28)(H,23,27)(H,29,30). The predicted molar refractivity (Wildman–Crippen MR) is 115 cm³/mol.